The highest BCUT2D eigenvalue weighted by Gasteiger charge is 2.34. The molecule has 0 atom stereocenters. The molecule has 0 saturated carbocycles. The van der Waals surface area contributed by atoms with Crippen LogP contribution in [0.2, 0.25) is 0 Å². The minimum atomic E-state index is -4.48. The van der Waals surface area contributed by atoms with Gasteiger partial charge in [0.15, 0.2) is 0 Å². The molecule has 31 heavy (non-hydrogen) atoms. The molecule has 0 spiro atoms. The van der Waals surface area contributed by atoms with Crippen LogP contribution in [0.5, 0.6) is 11.5 Å². The molecule has 1 heterocycles. The number of aliphatic hydroxyl groups excluding tert-OH is 1. The summed E-state index contributed by atoms with van der Waals surface area (Å²) in [6.07, 6.45) is -4.48. The zero-order chi connectivity index (χ0) is 22.6. The summed E-state index contributed by atoms with van der Waals surface area (Å²) < 4.78 is 48.7. The van der Waals surface area contributed by atoms with Gasteiger partial charge in [-0.2, -0.15) is 13.2 Å². The number of benzene rings is 2. The van der Waals surface area contributed by atoms with E-state index in [0.717, 1.165) is 12.1 Å². The van der Waals surface area contributed by atoms with Gasteiger partial charge in [0, 0.05) is 12.2 Å². The van der Waals surface area contributed by atoms with Gasteiger partial charge in [0.25, 0.3) is 5.91 Å². The topological polar surface area (TPSA) is 88.1 Å². The van der Waals surface area contributed by atoms with Crippen molar-refractivity contribution in [2.45, 2.75) is 6.18 Å². The quantitative estimate of drug-likeness (QED) is 0.649. The Morgan fingerprint density at radius 2 is 1.87 bits per heavy atom. The average molecular weight is 436 g/mol. The summed E-state index contributed by atoms with van der Waals surface area (Å²) in [7, 11) is 1.20. The second-order valence-electron chi connectivity index (χ2n) is 6.57. The van der Waals surface area contributed by atoms with Gasteiger partial charge < -0.3 is 24.8 Å². The maximum atomic E-state index is 12.8. The second-order valence-corrected chi connectivity index (χ2v) is 6.57. The maximum absolute atomic E-state index is 12.8. The van der Waals surface area contributed by atoms with Crippen LogP contribution in [0.1, 0.15) is 5.56 Å². The van der Waals surface area contributed by atoms with Gasteiger partial charge in [-0.1, -0.05) is 6.07 Å². The number of aliphatic hydroxyl groups is 1. The first-order chi connectivity index (χ1) is 14.7. The molecular weight excluding hydrogens is 417 g/mol. The lowest BCUT2D eigenvalue weighted by atomic mass is 10.2. The number of esters is 1. The van der Waals surface area contributed by atoms with E-state index in [4.69, 9.17) is 14.6 Å². The van der Waals surface area contributed by atoms with E-state index in [0.29, 0.717) is 5.69 Å². The fourth-order valence-corrected chi connectivity index (χ4v) is 2.97. The van der Waals surface area contributed by atoms with Crippen LogP contribution >= 0.6 is 0 Å². The van der Waals surface area contributed by atoms with Crippen LogP contribution in [-0.4, -0.2) is 48.7 Å². The summed E-state index contributed by atoms with van der Waals surface area (Å²) in [6, 6.07) is 10.6. The van der Waals surface area contributed by atoms with Crippen LogP contribution in [-0.2, 0) is 20.5 Å². The number of ether oxygens (including phenoxy) is 2. The Morgan fingerprint density at radius 1 is 1.16 bits per heavy atom. The van der Waals surface area contributed by atoms with E-state index in [-0.39, 0.29) is 42.5 Å². The Kier molecular flexibility index (Phi) is 6.50. The van der Waals surface area contributed by atoms with Gasteiger partial charge in [-0.05, 0) is 42.5 Å². The number of carbonyl (C=O) groups is 2. The van der Waals surface area contributed by atoms with Gasteiger partial charge >= 0.3 is 12.1 Å². The number of amides is 1. The number of alkyl halides is 3. The zero-order valence-corrected chi connectivity index (χ0v) is 16.4. The Bertz CT molecular complexity index is 1000. The smallest absolute Gasteiger partial charge is 0.416 e. The van der Waals surface area contributed by atoms with Crippen molar-refractivity contribution in [3.63, 3.8) is 0 Å². The molecular formula is C21H19F3N2O5. The van der Waals surface area contributed by atoms with Crippen molar-refractivity contribution in [3.05, 3.63) is 65.4 Å². The van der Waals surface area contributed by atoms with E-state index >= 15 is 0 Å². The van der Waals surface area contributed by atoms with Crippen molar-refractivity contribution < 1.29 is 37.3 Å². The lowest BCUT2D eigenvalue weighted by Crippen LogP contribution is -2.31. The van der Waals surface area contributed by atoms with Crippen LogP contribution in [0.3, 0.4) is 0 Å². The number of anilines is 1. The summed E-state index contributed by atoms with van der Waals surface area (Å²) in [5.41, 5.74) is -0.207. The number of carbonyl (C=O) groups excluding carboxylic acids is 2. The van der Waals surface area contributed by atoms with Crippen molar-refractivity contribution in [2.24, 2.45) is 0 Å². The lowest BCUT2D eigenvalue weighted by molar-refractivity contribution is -0.138. The third-order valence-corrected chi connectivity index (χ3v) is 4.47. The molecule has 0 saturated heterocycles. The Morgan fingerprint density at radius 3 is 2.48 bits per heavy atom. The highest BCUT2D eigenvalue weighted by Crippen LogP contribution is 2.33. The molecule has 164 valence electrons. The van der Waals surface area contributed by atoms with Crippen molar-refractivity contribution in [2.75, 3.05) is 32.1 Å². The molecule has 1 aliphatic heterocycles. The van der Waals surface area contributed by atoms with Crippen LogP contribution in [0.15, 0.2) is 59.8 Å². The van der Waals surface area contributed by atoms with Crippen molar-refractivity contribution >= 4 is 17.6 Å². The van der Waals surface area contributed by atoms with E-state index < -0.39 is 23.6 Å². The number of nitrogens with zero attached hydrogens (tertiary/aromatic N) is 1. The minimum Gasteiger partial charge on any atom is -0.466 e. The first kappa shape index (κ1) is 22.2. The zero-order valence-electron chi connectivity index (χ0n) is 16.4. The molecule has 0 aliphatic carbocycles. The van der Waals surface area contributed by atoms with Crippen LogP contribution < -0.4 is 10.1 Å². The van der Waals surface area contributed by atoms with Gasteiger partial charge in [0.05, 0.1) is 31.4 Å². The molecule has 0 bridgehead atoms. The standard InChI is InChI=1S/C21H19F3N2O5/c1-30-20(29)17-12-26(9-10-27)19(28)18(17)25-14-5-7-15(8-6-14)31-16-4-2-3-13(11-16)21(22,23)24/h2-8,11,25,27H,9-10,12H2,1H3. The predicted molar refractivity (Wildman–Crippen MR) is 104 cm³/mol. The van der Waals surface area contributed by atoms with Crippen LogP contribution in [0, 0.1) is 0 Å². The number of hydrogen-bond donors (Lipinski definition) is 2. The monoisotopic (exact) mass is 436 g/mol. The molecule has 2 aromatic rings. The van der Waals surface area contributed by atoms with Crippen molar-refractivity contribution in [1.29, 1.82) is 0 Å². The molecule has 2 aromatic carbocycles. The van der Waals surface area contributed by atoms with Crippen LogP contribution in [0.4, 0.5) is 18.9 Å². The molecule has 0 unspecified atom stereocenters. The molecule has 2 N–H and O–H groups in total. The fourth-order valence-electron chi connectivity index (χ4n) is 2.97. The van der Waals surface area contributed by atoms with E-state index in [1.54, 1.807) is 12.1 Å². The van der Waals surface area contributed by atoms with Gasteiger partial charge in [0.2, 0.25) is 0 Å². The number of nitrogens with one attached hydrogen (secondary N) is 1. The van der Waals surface area contributed by atoms with E-state index in [1.807, 2.05) is 0 Å². The molecule has 0 aromatic heterocycles. The van der Waals surface area contributed by atoms with E-state index in [1.165, 1.54) is 36.3 Å². The predicted octanol–water partition coefficient (Wildman–Crippen LogP) is 3.17. The number of halogens is 3. The van der Waals surface area contributed by atoms with Crippen molar-refractivity contribution in [1.82, 2.24) is 4.90 Å². The minimum absolute atomic E-state index is 0.00510. The molecule has 1 amide bonds. The molecule has 10 heteroatoms. The summed E-state index contributed by atoms with van der Waals surface area (Å²) in [6.45, 7) is -0.186. The largest absolute Gasteiger partial charge is 0.466 e. The Hall–Kier alpha value is -3.53. The molecule has 1 aliphatic rings. The fraction of sp³-hybridized carbons (Fsp3) is 0.238. The third kappa shape index (κ3) is 5.15. The molecule has 0 fully saturated rings. The second kappa shape index (κ2) is 9.09. The van der Waals surface area contributed by atoms with Gasteiger partial charge in [-0.3, -0.25) is 4.79 Å². The summed E-state index contributed by atoms with van der Waals surface area (Å²) >= 11 is 0. The Labute approximate surface area is 175 Å². The number of rotatable bonds is 7. The SMILES string of the molecule is COC(=O)C1=C(Nc2ccc(Oc3cccc(C(F)(F)F)c3)cc2)C(=O)N(CCO)C1. The summed E-state index contributed by atoms with van der Waals surface area (Å²) in [4.78, 5) is 25.8. The van der Waals surface area contributed by atoms with Crippen molar-refractivity contribution in [3.8, 4) is 11.5 Å². The van der Waals surface area contributed by atoms with Gasteiger partial charge in [-0.25, -0.2) is 4.79 Å². The highest BCUT2D eigenvalue weighted by atomic mass is 19.4. The van der Waals surface area contributed by atoms with E-state index in [9.17, 15) is 22.8 Å². The number of hydrogen-bond acceptors (Lipinski definition) is 6. The molecule has 3 rings (SSSR count). The summed E-state index contributed by atoms with van der Waals surface area (Å²) in [5, 5.41) is 12.0. The number of β-amino-alcohol motifs (C(OH)–C–C–N with tert-alkyl or cyclic N) is 1. The van der Waals surface area contributed by atoms with Gasteiger partial charge in [0.1, 0.15) is 17.2 Å². The highest BCUT2D eigenvalue weighted by molar-refractivity contribution is 6.08. The normalized spacial score (nSPS) is 14.1. The van der Waals surface area contributed by atoms with Crippen LogP contribution in [0.25, 0.3) is 0 Å². The molecule has 7 nitrogen and oxygen atoms in total. The molecule has 0 radical (unpaired) electrons. The van der Waals surface area contributed by atoms with E-state index in [2.05, 4.69) is 5.32 Å². The third-order valence-electron chi connectivity index (χ3n) is 4.47. The van der Waals surface area contributed by atoms with Gasteiger partial charge in [-0.15, -0.1) is 0 Å². The maximum Gasteiger partial charge on any atom is 0.416 e. The summed E-state index contributed by atoms with van der Waals surface area (Å²) in [5.74, 6) is -0.817. The lowest BCUT2D eigenvalue weighted by Gasteiger charge is -2.15. The first-order valence-corrected chi connectivity index (χ1v) is 9.16. The Balaban J connectivity index is 1.75. The first-order valence-electron chi connectivity index (χ1n) is 9.16. The number of methoxy groups -OCH3 is 1. The average Bonchev–Trinajstić information content (AvgIpc) is 3.04.